The Morgan fingerprint density at radius 2 is 1.51 bits per heavy atom. The molecule has 0 bridgehead atoms. The SMILES string of the molecule is CC(C)c1ccc(CN(C(=O)[C@H]2CCCN(c3cccc(OC(C)(C)C(=O)N4CCN(C(=O)OC(C)(C)C)CC4)c3)C2)C(C)C)cc1. The molecule has 2 saturated heterocycles. The number of hydrogen-bond donors (Lipinski definition) is 0. The van der Waals surface area contributed by atoms with Crippen molar-refractivity contribution in [2.45, 2.75) is 105 Å². The van der Waals surface area contributed by atoms with Crippen molar-refractivity contribution in [3.05, 3.63) is 59.7 Å². The molecule has 0 aromatic heterocycles. The number of amides is 3. The van der Waals surface area contributed by atoms with Gasteiger partial charge in [-0.25, -0.2) is 4.79 Å². The average Bonchev–Trinajstić information content (AvgIpc) is 3.02. The molecule has 3 amide bonds. The van der Waals surface area contributed by atoms with Crippen molar-refractivity contribution in [1.29, 1.82) is 0 Å². The lowest BCUT2D eigenvalue weighted by Gasteiger charge is -2.39. The number of anilines is 1. The minimum atomic E-state index is -1.10. The summed E-state index contributed by atoms with van der Waals surface area (Å²) in [6.07, 6.45) is 1.44. The molecule has 2 fully saturated rings. The van der Waals surface area contributed by atoms with E-state index < -0.39 is 11.2 Å². The Bertz CT molecular complexity index is 1370. The second-order valence-corrected chi connectivity index (χ2v) is 15.1. The van der Waals surface area contributed by atoms with Crippen molar-refractivity contribution in [2.24, 2.45) is 5.92 Å². The highest BCUT2D eigenvalue weighted by atomic mass is 16.6. The smallest absolute Gasteiger partial charge is 0.410 e. The zero-order chi connectivity index (χ0) is 34.5. The van der Waals surface area contributed by atoms with Crippen LogP contribution >= 0.6 is 0 Å². The van der Waals surface area contributed by atoms with Crippen LogP contribution in [0.2, 0.25) is 0 Å². The Hall–Kier alpha value is -3.75. The van der Waals surface area contributed by atoms with E-state index in [0.717, 1.165) is 30.6 Å². The lowest BCUT2D eigenvalue weighted by atomic mass is 9.95. The molecule has 9 nitrogen and oxygen atoms in total. The highest BCUT2D eigenvalue weighted by molar-refractivity contribution is 5.85. The molecule has 2 heterocycles. The highest BCUT2D eigenvalue weighted by Gasteiger charge is 2.37. The van der Waals surface area contributed by atoms with E-state index >= 15 is 0 Å². The van der Waals surface area contributed by atoms with Gasteiger partial charge in [0.15, 0.2) is 5.60 Å². The molecule has 0 N–H and O–H groups in total. The van der Waals surface area contributed by atoms with Crippen LogP contribution in [0.15, 0.2) is 48.5 Å². The number of carbonyl (C=O) groups is 3. The van der Waals surface area contributed by atoms with Crippen molar-refractivity contribution in [2.75, 3.05) is 44.2 Å². The first kappa shape index (κ1) is 36.1. The lowest BCUT2D eigenvalue weighted by molar-refractivity contribution is -0.147. The number of piperazine rings is 1. The molecule has 0 unspecified atom stereocenters. The number of rotatable bonds is 9. The third-order valence-electron chi connectivity index (χ3n) is 8.97. The lowest BCUT2D eigenvalue weighted by Crippen LogP contribution is -2.57. The van der Waals surface area contributed by atoms with Crippen molar-refractivity contribution in [3.8, 4) is 5.75 Å². The van der Waals surface area contributed by atoms with Crippen LogP contribution in [-0.4, -0.2) is 89.1 Å². The Balaban J connectivity index is 1.37. The van der Waals surface area contributed by atoms with Crippen molar-refractivity contribution in [1.82, 2.24) is 14.7 Å². The number of carbonyl (C=O) groups excluding carboxylic acids is 3. The molecule has 2 aromatic rings. The number of ether oxygens (including phenoxy) is 2. The van der Waals surface area contributed by atoms with Gasteiger partial charge in [-0.1, -0.05) is 44.2 Å². The van der Waals surface area contributed by atoms with Gasteiger partial charge in [0.2, 0.25) is 5.91 Å². The average molecular weight is 649 g/mol. The second-order valence-electron chi connectivity index (χ2n) is 15.1. The third-order valence-corrected chi connectivity index (χ3v) is 8.97. The van der Waals surface area contributed by atoms with Crippen LogP contribution < -0.4 is 9.64 Å². The summed E-state index contributed by atoms with van der Waals surface area (Å²) < 4.78 is 11.8. The first-order valence-corrected chi connectivity index (χ1v) is 17.2. The molecular weight excluding hydrogens is 592 g/mol. The molecule has 4 rings (SSSR count). The first-order chi connectivity index (χ1) is 22.0. The van der Waals surface area contributed by atoms with Crippen molar-refractivity contribution < 1.29 is 23.9 Å². The predicted octanol–water partition coefficient (Wildman–Crippen LogP) is 6.70. The van der Waals surface area contributed by atoms with Gasteiger partial charge in [0, 0.05) is 63.6 Å². The zero-order valence-electron chi connectivity index (χ0n) is 30.0. The number of nitrogens with zero attached hydrogens (tertiary/aromatic N) is 4. The summed E-state index contributed by atoms with van der Waals surface area (Å²) in [5.41, 5.74) is 1.77. The monoisotopic (exact) mass is 648 g/mol. The van der Waals surface area contributed by atoms with E-state index in [0.29, 0.717) is 50.9 Å². The molecular formula is C38H56N4O5. The summed E-state index contributed by atoms with van der Waals surface area (Å²) in [6.45, 7) is 21.4. The molecule has 9 heteroatoms. The van der Waals surface area contributed by atoms with E-state index in [1.165, 1.54) is 5.56 Å². The standard InChI is InChI=1S/C38H56N4O5/c1-27(2)30-17-15-29(16-18-30)25-42(28(3)4)34(43)31-12-11-19-41(26-31)32-13-10-14-33(24-32)46-38(8,9)35(44)39-20-22-40(23-21-39)36(45)47-37(5,6)7/h10,13-18,24,27-28,31H,11-12,19-23,25-26H2,1-9H3/t31-/m0/s1. The van der Waals surface area contributed by atoms with Crippen LogP contribution in [0.3, 0.4) is 0 Å². The fourth-order valence-electron chi connectivity index (χ4n) is 6.25. The first-order valence-electron chi connectivity index (χ1n) is 17.2. The normalized spacial score (nSPS) is 17.6. The topological polar surface area (TPSA) is 82.6 Å². The van der Waals surface area contributed by atoms with Crippen LogP contribution in [0.25, 0.3) is 0 Å². The van der Waals surface area contributed by atoms with Crippen LogP contribution in [-0.2, 0) is 20.9 Å². The fourth-order valence-corrected chi connectivity index (χ4v) is 6.25. The molecule has 2 aromatic carbocycles. The fraction of sp³-hybridized carbons (Fsp3) is 0.605. The van der Waals surface area contributed by atoms with Gasteiger partial charge in [-0.15, -0.1) is 0 Å². The van der Waals surface area contributed by atoms with Gasteiger partial charge in [0.1, 0.15) is 11.4 Å². The number of hydrogen-bond acceptors (Lipinski definition) is 6. The Kier molecular flexibility index (Phi) is 11.5. The molecule has 0 aliphatic carbocycles. The van der Waals surface area contributed by atoms with Crippen LogP contribution in [0.1, 0.15) is 92.2 Å². The van der Waals surface area contributed by atoms with E-state index in [9.17, 15) is 14.4 Å². The van der Waals surface area contributed by atoms with E-state index in [1.54, 1.807) is 23.6 Å². The highest BCUT2D eigenvalue weighted by Crippen LogP contribution is 2.30. The maximum Gasteiger partial charge on any atom is 0.410 e. The van der Waals surface area contributed by atoms with Gasteiger partial charge in [0.05, 0.1) is 5.92 Å². The zero-order valence-corrected chi connectivity index (χ0v) is 30.0. The molecule has 2 aliphatic heterocycles. The van der Waals surface area contributed by atoms with Crippen molar-refractivity contribution in [3.63, 3.8) is 0 Å². The Morgan fingerprint density at radius 1 is 0.872 bits per heavy atom. The summed E-state index contributed by atoms with van der Waals surface area (Å²) in [6, 6.07) is 16.6. The molecule has 2 aliphatic rings. The molecule has 1 atom stereocenters. The van der Waals surface area contributed by atoms with Crippen LogP contribution in [0.5, 0.6) is 5.75 Å². The minimum Gasteiger partial charge on any atom is -0.478 e. The quantitative estimate of drug-likeness (QED) is 0.301. The number of benzene rings is 2. The molecule has 0 saturated carbocycles. The van der Waals surface area contributed by atoms with Gasteiger partial charge in [-0.05, 0) is 90.5 Å². The van der Waals surface area contributed by atoms with Gasteiger partial charge >= 0.3 is 6.09 Å². The van der Waals surface area contributed by atoms with Gasteiger partial charge in [0.25, 0.3) is 5.91 Å². The molecule has 0 spiro atoms. The van der Waals surface area contributed by atoms with Gasteiger partial charge < -0.3 is 29.1 Å². The Morgan fingerprint density at radius 3 is 2.11 bits per heavy atom. The molecule has 258 valence electrons. The molecule has 0 radical (unpaired) electrons. The second kappa shape index (κ2) is 15.0. The number of piperidine rings is 1. The maximum atomic E-state index is 13.9. The van der Waals surface area contributed by atoms with E-state index in [4.69, 9.17) is 9.47 Å². The van der Waals surface area contributed by atoms with E-state index in [-0.39, 0.29) is 29.9 Å². The summed E-state index contributed by atoms with van der Waals surface area (Å²) >= 11 is 0. The van der Waals surface area contributed by atoms with Crippen LogP contribution in [0, 0.1) is 5.92 Å². The maximum absolute atomic E-state index is 13.9. The predicted molar refractivity (Wildman–Crippen MR) is 187 cm³/mol. The summed E-state index contributed by atoms with van der Waals surface area (Å²) in [5.74, 6) is 1.06. The van der Waals surface area contributed by atoms with Crippen LogP contribution in [0.4, 0.5) is 10.5 Å². The van der Waals surface area contributed by atoms with Crippen molar-refractivity contribution >= 4 is 23.6 Å². The van der Waals surface area contributed by atoms with Gasteiger partial charge in [-0.3, -0.25) is 9.59 Å². The Labute approximate surface area is 282 Å². The minimum absolute atomic E-state index is 0.0944. The van der Waals surface area contributed by atoms with E-state index in [1.807, 2.05) is 49.9 Å². The summed E-state index contributed by atoms with van der Waals surface area (Å²) in [4.78, 5) is 47.6. The van der Waals surface area contributed by atoms with Gasteiger partial charge in [-0.2, -0.15) is 0 Å². The third kappa shape index (κ3) is 9.64. The molecule has 47 heavy (non-hydrogen) atoms. The summed E-state index contributed by atoms with van der Waals surface area (Å²) in [5, 5.41) is 0. The summed E-state index contributed by atoms with van der Waals surface area (Å²) in [7, 11) is 0. The largest absolute Gasteiger partial charge is 0.478 e. The van der Waals surface area contributed by atoms with E-state index in [2.05, 4.69) is 56.9 Å².